The number of esters is 1. The number of benzene rings is 3. The Morgan fingerprint density at radius 3 is 0.684 bits per heavy atom. The van der Waals surface area contributed by atoms with E-state index < -0.39 is 17.8 Å². The first-order chi connectivity index (χ1) is 46.6. The monoisotopic (exact) mass is 1330 g/mol. The molecule has 0 spiro atoms. The Morgan fingerprint density at radius 1 is 0.274 bits per heavy atom. The molecule has 0 aromatic heterocycles. The van der Waals surface area contributed by atoms with Crippen molar-refractivity contribution < 1.29 is 47.5 Å². The van der Waals surface area contributed by atoms with E-state index in [0.29, 0.717) is 102 Å². The SMILES string of the molecule is CCCCCCCCCCOc1cc(C(=O)Nc2cc(C(=O)OC)cc(NC(=O)c3cc(OCCCCCCCCCC)c(OCCCCCCCCCC)c(OCCCCCCCCCC)c3)c2C)cc(OCCCCCCCCCC)c1OCCCCCCCCCC. The summed E-state index contributed by atoms with van der Waals surface area (Å²) in [5.41, 5.74) is 2.01. The topological polar surface area (TPSA) is 140 Å². The van der Waals surface area contributed by atoms with E-state index in [1.165, 1.54) is 213 Å². The second-order valence-corrected chi connectivity index (χ2v) is 27.1. The number of unbranched alkanes of at least 4 members (excludes halogenated alkanes) is 42. The molecule has 3 aromatic carbocycles. The molecule has 0 aliphatic rings. The molecule has 2 N–H and O–H groups in total. The van der Waals surface area contributed by atoms with Crippen LogP contribution in [0.15, 0.2) is 36.4 Å². The lowest BCUT2D eigenvalue weighted by Crippen LogP contribution is -2.18. The van der Waals surface area contributed by atoms with E-state index in [9.17, 15) is 14.4 Å². The average Bonchev–Trinajstić information content (AvgIpc) is 0.824. The first-order valence-corrected chi connectivity index (χ1v) is 39.6. The van der Waals surface area contributed by atoms with Gasteiger partial charge in [0.25, 0.3) is 11.8 Å². The summed E-state index contributed by atoms with van der Waals surface area (Å²) in [6.45, 7) is 18.3. The fraction of sp³-hybridized carbons (Fsp3) is 0.747. The number of hydrogen-bond donors (Lipinski definition) is 2. The minimum absolute atomic E-state index is 0.158. The van der Waals surface area contributed by atoms with E-state index in [4.69, 9.17) is 33.2 Å². The second kappa shape index (κ2) is 57.9. The molecule has 0 aliphatic carbocycles. The Bertz CT molecular complexity index is 2170. The molecule has 0 aliphatic heterocycles. The third-order valence-corrected chi connectivity index (χ3v) is 18.4. The lowest BCUT2D eigenvalue weighted by Gasteiger charge is -2.20. The van der Waals surface area contributed by atoms with Crippen LogP contribution in [-0.4, -0.2) is 64.5 Å². The molecule has 0 radical (unpaired) electrons. The van der Waals surface area contributed by atoms with Crippen molar-refractivity contribution in [2.45, 2.75) is 357 Å². The average molecular weight is 1330 g/mol. The van der Waals surface area contributed by atoms with Gasteiger partial charge in [-0.2, -0.15) is 0 Å². The van der Waals surface area contributed by atoms with Crippen molar-refractivity contribution in [1.29, 1.82) is 0 Å². The van der Waals surface area contributed by atoms with Crippen LogP contribution in [0.5, 0.6) is 34.5 Å². The summed E-state index contributed by atoms with van der Waals surface area (Å²) in [5.74, 6) is 1.49. The van der Waals surface area contributed by atoms with Gasteiger partial charge in [-0.25, -0.2) is 4.79 Å². The second-order valence-electron chi connectivity index (χ2n) is 27.1. The van der Waals surface area contributed by atoms with Crippen molar-refractivity contribution in [2.75, 3.05) is 57.4 Å². The third kappa shape index (κ3) is 39.2. The lowest BCUT2D eigenvalue weighted by atomic mass is 10.1. The Labute approximate surface area is 581 Å². The molecule has 3 aromatic rings. The Kier molecular flexibility index (Phi) is 51.2. The molecule has 0 saturated carbocycles. The van der Waals surface area contributed by atoms with E-state index in [1.807, 2.05) is 6.92 Å². The highest BCUT2D eigenvalue weighted by Gasteiger charge is 2.24. The fourth-order valence-corrected chi connectivity index (χ4v) is 12.2. The van der Waals surface area contributed by atoms with Crippen LogP contribution < -0.4 is 39.1 Å². The van der Waals surface area contributed by atoms with Gasteiger partial charge in [-0.3, -0.25) is 9.59 Å². The minimum atomic E-state index is -0.617. The molecule has 0 saturated heterocycles. The van der Waals surface area contributed by atoms with Crippen LogP contribution in [0.4, 0.5) is 11.4 Å². The lowest BCUT2D eigenvalue weighted by molar-refractivity contribution is 0.0600. The van der Waals surface area contributed by atoms with Gasteiger partial charge in [-0.05, 0) is 87.4 Å². The quantitative estimate of drug-likeness (QED) is 0.0415. The molecular formula is C83H140N2O10. The number of hydrogen-bond acceptors (Lipinski definition) is 10. The number of ether oxygens (including phenoxy) is 7. The number of rotatable bonds is 65. The van der Waals surface area contributed by atoms with E-state index in [0.717, 1.165) is 103 Å². The maximum atomic E-state index is 14.9. The molecule has 95 heavy (non-hydrogen) atoms. The van der Waals surface area contributed by atoms with Crippen molar-refractivity contribution in [3.63, 3.8) is 0 Å². The summed E-state index contributed by atoms with van der Waals surface area (Å²) in [6, 6.07) is 10.3. The number of carbonyl (C=O) groups excluding carboxylic acids is 3. The summed E-state index contributed by atoms with van der Waals surface area (Å²) in [7, 11) is 1.32. The predicted octanol–water partition coefficient (Wildman–Crippen LogP) is 25.4. The molecule has 3 rings (SSSR count). The first-order valence-electron chi connectivity index (χ1n) is 39.6. The fourth-order valence-electron chi connectivity index (χ4n) is 12.2. The van der Waals surface area contributed by atoms with E-state index in [1.54, 1.807) is 36.4 Å². The third-order valence-electron chi connectivity index (χ3n) is 18.4. The number of carbonyl (C=O) groups is 3. The molecule has 0 atom stereocenters. The van der Waals surface area contributed by atoms with Gasteiger partial charge in [0.1, 0.15) is 0 Å². The standard InChI is InChI=1S/C83H140N2O10/c1-9-15-21-27-33-39-45-51-57-90-75-65-70(66-76(91-58-52-46-40-34-28-22-16-10-2)79(75)94-61-55-49-43-37-31-25-19-13-5)81(86)84-73-63-72(83(88)89-8)64-74(69(73)7)85-82(87)71-67-77(92-59-53-47-41-35-29-23-17-11-3)80(95-62-56-50-44-38-32-26-20-14-6)78(68-71)93-60-54-48-42-36-30-24-18-12-4/h63-68H,9-62H2,1-8H3,(H,84,86)(H,85,87). The molecule has 542 valence electrons. The molecule has 12 nitrogen and oxygen atoms in total. The van der Waals surface area contributed by atoms with Crippen LogP contribution >= 0.6 is 0 Å². The summed E-state index contributed by atoms with van der Waals surface area (Å²) in [4.78, 5) is 43.4. The largest absolute Gasteiger partial charge is 0.490 e. The molecule has 0 unspecified atom stereocenters. The molecule has 0 fully saturated rings. The van der Waals surface area contributed by atoms with E-state index in [-0.39, 0.29) is 5.56 Å². The van der Waals surface area contributed by atoms with Crippen LogP contribution in [0.2, 0.25) is 0 Å². The van der Waals surface area contributed by atoms with Gasteiger partial charge in [-0.15, -0.1) is 0 Å². The van der Waals surface area contributed by atoms with Gasteiger partial charge < -0.3 is 43.8 Å². The highest BCUT2D eigenvalue weighted by molar-refractivity contribution is 6.09. The number of methoxy groups -OCH3 is 1. The van der Waals surface area contributed by atoms with Crippen molar-refractivity contribution >= 4 is 29.2 Å². The van der Waals surface area contributed by atoms with Crippen molar-refractivity contribution in [3.8, 4) is 34.5 Å². The zero-order chi connectivity index (χ0) is 68.5. The minimum Gasteiger partial charge on any atom is -0.490 e. The van der Waals surface area contributed by atoms with Crippen LogP contribution in [0.3, 0.4) is 0 Å². The molecule has 0 heterocycles. The summed E-state index contributed by atoms with van der Waals surface area (Å²) in [5, 5.41) is 6.26. The Balaban J connectivity index is 2.06. The highest BCUT2D eigenvalue weighted by atomic mass is 16.6. The van der Waals surface area contributed by atoms with Gasteiger partial charge >= 0.3 is 5.97 Å². The first kappa shape index (κ1) is 84.1. The van der Waals surface area contributed by atoms with Crippen molar-refractivity contribution in [1.82, 2.24) is 0 Å². The van der Waals surface area contributed by atoms with Crippen LogP contribution in [0, 0.1) is 6.92 Å². The van der Waals surface area contributed by atoms with Gasteiger partial charge in [0.05, 0.1) is 52.3 Å². The predicted molar refractivity (Wildman–Crippen MR) is 400 cm³/mol. The molecular weight excluding hydrogens is 1180 g/mol. The summed E-state index contributed by atoms with van der Waals surface area (Å²) in [6.07, 6.45) is 56.4. The van der Waals surface area contributed by atoms with Gasteiger partial charge in [-0.1, -0.05) is 311 Å². The number of amides is 2. The van der Waals surface area contributed by atoms with Crippen molar-refractivity contribution in [3.05, 3.63) is 58.7 Å². The maximum Gasteiger partial charge on any atom is 0.337 e. The molecule has 2 amide bonds. The highest BCUT2D eigenvalue weighted by Crippen LogP contribution is 2.42. The van der Waals surface area contributed by atoms with Crippen molar-refractivity contribution in [2.24, 2.45) is 0 Å². The van der Waals surface area contributed by atoms with E-state index in [2.05, 4.69) is 52.2 Å². The summed E-state index contributed by atoms with van der Waals surface area (Å²) >= 11 is 0. The van der Waals surface area contributed by atoms with Crippen LogP contribution in [0.25, 0.3) is 0 Å². The van der Waals surface area contributed by atoms with Gasteiger partial charge in [0.2, 0.25) is 11.5 Å². The van der Waals surface area contributed by atoms with E-state index >= 15 is 0 Å². The Morgan fingerprint density at radius 2 is 0.474 bits per heavy atom. The zero-order valence-electron chi connectivity index (χ0n) is 62.2. The van der Waals surface area contributed by atoms with Crippen LogP contribution in [0.1, 0.15) is 386 Å². The zero-order valence-corrected chi connectivity index (χ0v) is 62.2. The number of nitrogens with one attached hydrogen (secondary N) is 2. The maximum absolute atomic E-state index is 14.9. The Hall–Kier alpha value is -5.13. The smallest absolute Gasteiger partial charge is 0.337 e. The summed E-state index contributed by atoms with van der Waals surface area (Å²) < 4.78 is 45.1. The molecule has 0 bridgehead atoms. The molecule has 12 heteroatoms. The number of anilines is 2. The van der Waals surface area contributed by atoms with Gasteiger partial charge in [0.15, 0.2) is 23.0 Å². The normalized spacial score (nSPS) is 11.2. The van der Waals surface area contributed by atoms with Crippen LogP contribution in [-0.2, 0) is 4.74 Å². The van der Waals surface area contributed by atoms with Gasteiger partial charge in [0, 0.05) is 22.5 Å².